The zero-order valence-corrected chi connectivity index (χ0v) is 11.9. The molecular formula is C15H16N2O4. The van der Waals surface area contributed by atoms with E-state index in [9.17, 15) is 9.59 Å². The molecule has 0 radical (unpaired) electrons. The minimum atomic E-state index is -0.892. The molecule has 1 unspecified atom stereocenters. The molecule has 0 saturated carbocycles. The minimum Gasteiger partial charge on any atom is -0.478 e. The number of benzene rings is 1. The van der Waals surface area contributed by atoms with E-state index in [0.29, 0.717) is 18.9 Å². The number of carbonyl (C=O) groups is 2. The van der Waals surface area contributed by atoms with Crippen molar-refractivity contribution in [3.8, 4) is 0 Å². The van der Waals surface area contributed by atoms with Crippen LogP contribution in [0.5, 0.6) is 0 Å². The van der Waals surface area contributed by atoms with E-state index in [1.54, 1.807) is 6.07 Å². The maximum absolute atomic E-state index is 11.6. The molecular weight excluding hydrogens is 272 g/mol. The van der Waals surface area contributed by atoms with Crippen LogP contribution in [0, 0.1) is 0 Å². The molecule has 1 N–H and O–H groups in total. The van der Waals surface area contributed by atoms with Crippen LogP contribution >= 0.6 is 0 Å². The van der Waals surface area contributed by atoms with Crippen LogP contribution in [0.1, 0.15) is 31.4 Å². The van der Waals surface area contributed by atoms with Crippen molar-refractivity contribution in [1.29, 1.82) is 0 Å². The standard InChI is InChI=1S/C15H16N2O4/c1-3-20-13-15(21-14(19)17-13)7-6-10-8-11(16-9(2)18)4-5-12(10)15/h4-5,8H,3,6-7H2,1-2H3,(H,16,18). The van der Waals surface area contributed by atoms with Crippen LogP contribution in [0.2, 0.25) is 0 Å². The van der Waals surface area contributed by atoms with Gasteiger partial charge in [0, 0.05) is 24.6 Å². The van der Waals surface area contributed by atoms with Crippen LogP contribution in [0.25, 0.3) is 0 Å². The molecule has 6 nitrogen and oxygen atoms in total. The number of ether oxygens (including phenoxy) is 2. The Morgan fingerprint density at radius 2 is 2.33 bits per heavy atom. The Morgan fingerprint density at radius 3 is 3.05 bits per heavy atom. The average molecular weight is 288 g/mol. The predicted octanol–water partition coefficient (Wildman–Crippen LogP) is 2.37. The fraction of sp³-hybridized carbons (Fsp3) is 0.400. The maximum atomic E-state index is 11.6. The summed E-state index contributed by atoms with van der Waals surface area (Å²) in [5.74, 6) is 0.215. The van der Waals surface area contributed by atoms with E-state index in [0.717, 1.165) is 23.2 Å². The molecule has 0 aromatic heterocycles. The molecule has 110 valence electrons. The topological polar surface area (TPSA) is 77.0 Å². The molecule has 1 spiro atoms. The van der Waals surface area contributed by atoms with Gasteiger partial charge in [0.1, 0.15) is 0 Å². The van der Waals surface area contributed by atoms with Crippen molar-refractivity contribution >= 4 is 23.6 Å². The van der Waals surface area contributed by atoms with Crippen molar-refractivity contribution in [2.24, 2.45) is 4.99 Å². The van der Waals surface area contributed by atoms with E-state index < -0.39 is 11.7 Å². The fourth-order valence-corrected chi connectivity index (χ4v) is 2.92. The lowest BCUT2D eigenvalue weighted by atomic mass is 9.95. The first-order chi connectivity index (χ1) is 10.0. The van der Waals surface area contributed by atoms with E-state index in [1.165, 1.54) is 6.92 Å². The lowest BCUT2D eigenvalue weighted by molar-refractivity contribution is -0.114. The van der Waals surface area contributed by atoms with Gasteiger partial charge in [-0.15, -0.1) is 4.99 Å². The van der Waals surface area contributed by atoms with E-state index in [2.05, 4.69) is 10.3 Å². The van der Waals surface area contributed by atoms with Crippen molar-refractivity contribution in [1.82, 2.24) is 0 Å². The van der Waals surface area contributed by atoms with Crippen molar-refractivity contribution in [2.75, 3.05) is 11.9 Å². The number of hydrogen-bond acceptors (Lipinski definition) is 4. The summed E-state index contributed by atoms with van der Waals surface area (Å²) in [6.07, 6.45) is 0.732. The number of fused-ring (bicyclic) bond motifs is 2. The summed E-state index contributed by atoms with van der Waals surface area (Å²) in [7, 11) is 0. The summed E-state index contributed by atoms with van der Waals surface area (Å²) < 4.78 is 11.0. The lowest BCUT2D eigenvalue weighted by Gasteiger charge is -2.24. The van der Waals surface area contributed by atoms with Gasteiger partial charge < -0.3 is 14.8 Å². The number of rotatable bonds is 2. The summed E-state index contributed by atoms with van der Waals surface area (Å²) in [6, 6.07) is 5.56. The molecule has 1 aromatic rings. The molecule has 0 bridgehead atoms. The zero-order chi connectivity index (χ0) is 15.0. The Labute approximate surface area is 122 Å². The first-order valence-electron chi connectivity index (χ1n) is 6.91. The summed E-state index contributed by atoms with van der Waals surface area (Å²) in [6.45, 7) is 3.73. The van der Waals surface area contributed by atoms with Crippen LogP contribution in [-0.2, 0) is 26.3 Å². The Morgan fingerprint density at radius 1 is 1.52 bits per heavy atom. The monoisotopic (exact) mass is 288 g/mol. The second-order valence-electron chi connectivity index (χ2n) is 5.10. The SMILES string of the molecule is CCOC1=NC(=O)OC12CCc1cc(NC(C)=O)ccc12. The summed E-state index contributed by atoms with van der Waals surface area (Å²) in [4.78, 5) is 26.5. The number of amides is 2. The van der Waals surface area contributed by atoms with Gasteiger partial charge >= 0.3 is 6.09 Å². The third-order valence-corrected chi connectivity index (χ3v) is 3.69. The summed E-state index contributed by atoms with van der Waals surface area (Å²) in [5.41, 5.74) is 1.76. The Kier molecular flexibility index (Phi) is 3.16. The van der Waals surface area contributed by atoms with Gasteiger partial charge in [-0.05, 0) is 31.0 Å². The second kappa shape index (κ2) is 4.87. The van der Waals surface area contributed by atoms with Crippen molar-refractivity contribution in [3.05, 3.63) is 29.3 Å². The summed E-state index contributed by atoms with van der Waals surface area (Å²) >= 11 is 0. The molecule has 1 atom stereocenters. The first-order valence-corrected chi connectivity index (χ1v) is 6.91. The smallest absolute Gasteiger partial charge is 0.438 e. The van der Waals surface area contributed by atoms with Gasteiger partial charge in [0.15, 0.2) is 0 Å². The Bertz CT molecular complexity index is 653. The number of aryl methyl sites for hydroxylation is 1. The van der Waals surface area contributed by atoms with E-state index in [1.807, 2.05) is 19.1 Å². The van der Waals surface area contributed by atoms with Crippen LogP contribution in [0.3, 0.4) is 0 Å². The molecule has 3 rings (SSSR count). The maximum Gasteiger partial charge on any atom is 0.438 e. The van der Waals surface area contributed by atoms with Crippen molar-refractivity contribution < 1.29 is 19.1 Å². The Balaban J connectivity index is 1.99. The second-order valence-corrected chi connectivity index (χ2v) is 5.10. The molecule has 0 fully saturated rings. The molecule has 21 heavy (non-hydrogen) atoms. The van der Waals surface area contributed by atoms with Crippen molar-refractivity contribution in [3.63, 3.8) is 0 Å². The third-order valence-electron chi connectivity index (χ3n) is 3.69. The number of aliphatic imine (C=N–C) groups is 1. The molecule has 1 aliphatic heterocycles. The van der Waals surface area contributed by atoms with Gasteiger partial charge in [0.25, 0.3) is 0 Å². The number of carbonyl (C=O) groups excluding carboxylic acids is 2. The van der Waals surface area contributed by atoms with Crippen molar-refractivity contribution in [2.45, 2.75) is 32.3 Å². The fourth-order valence-electron chi connectivity index (χ4n) is 2.92. The number of anilines is 1. The lowest BCUT2D eigenvalue weighted by Crippen LogP contribution is -2.34. The predicted molar refractivity (Wildman–Crippen MR) is 76.3 cm³/mol. The van der Waals surface area contributed by atoms with Gasteiger partial charge in [-0.3, -0.25) is 4.79 Å². The molecule has 2 amide bonds. The number of nitrogens with one attached hydrogen (secondary N) is 1. The van der Waals surface area contributed by atoms with Gasteiger partial charge in [0.2, 0.25) is 17.4 Å². The molecule has 0 saturated heterocycles. The zero-order valence-electron chi connectivity index (χ0n) is 11.9. The number of hydrogen-bond donors (Lipinski definition) is 1. The average Bonchev–Trinajstić information content (AvgIpc) is 2.92. The van der Waals surface area contributed by atoms with E-state index >= 15 is 0 Å². The molecule has 6 heteroatoms. The van der Waals surface area contributed by atoms with Gasteiger partial charge in [-0.1, -0.05) is 6.07 Å². The van der Waals surface area contributed by atoms with E-state index in [4.69, 9.17) is 9.47 Å². The highest BCUT2D eigenvalue weighted by molar-refractivity contribution is 6.01. The normalized spacial score (nSPS) is 22.8. The number of nitrogens with zero attached hydrogens (tertiary/aromatic N) is 1. The Hall–Kier alpha value is -2.37. The molecule has 2 aliphatic rings. The van der Waals surface area contributed by atoms with Crippen LogP contribution in [-0.4, -0.2) is 24.5 Å². The highest BCUT2D eigenvalue weighted by atomic mass is 16.6. The summed E-state index contributed by atoms with van der Waals surface area (Å²) in [5, 5.41) is 2.75. The van der Waals surface area contributed by atoms with Crippen LogP contribution < -0.4 is 5.32 Å². The van der Waals surface area contributed by atoms with Gasteiger partial charge in [-0.25, -0.2) is 4.79 Å². The highest BCUT2D eigenvalue weighted by Crippen LogP contribution is 2.45. The van der Waals surface area contributed by atoms with E-state index in [-0.39, 0.29) is 5.91 Å². The minimum absolute atomic E-state index is 0.119. The molecule has 1 aliphatic carbocycles. The third kappa shape index (κ3) is 2.16. The van der Waals surface area contributed by atoms with Gasteiger partial charge in [0.05, 0.1) is 6.61 Å². The molecule has 1 aromatic carbocycles. The first kappa shape index (κ1) is 13.6. The van der Waals surface area contributed by atoms with Crippen LogP contribution in [0.4, 0.5) is 10.5 Å². The van der Waals surface area contributed by atoms with Gasteiger partial charge in [-0.2, -0.15) is 0 Å². The quantitative estimate of drug-likeness (QED) is 0.906. The van der Waals surface area contributed by atoms with Crippen LogP contribution in [0.15, 0.2) is 23.2 Å². The molecule has 1 heterocycles. The highest BCUT2D eigenvalue weighted by Gasteiger charge is 2.52. The largest absolute Gasteiger partial charge is 0.478 e.